The number of nitrogens with one attached hydrogen (secondary N) is 1. The lowest BCUT2D eigenvalue weighted by Crippen LogP contribution is -2.38. The van der Waals surface area contributed by atoms with Crippen LogP contribution in [0.25, 0.3) is 0 Å². The number of amides is 1. The van der Waals surface area contributed by atoms with Crippen LogP contribution in [0.4, 0.5) is 4.79 Å². The lowest BCUT2D eigenvalue weighted by atomic mass is 10.2. The topological polar surface area (TPSA) is 81.7 Å². The molecule has 0 heterocycles. The minimum Gasteiger partial charge on any atom is -0.458 e. The van der Waals surface area contributed by atoms with E-state index in [4.69, 9.17) is 9.47 Å². The maximum Gasteiger partial charge on any atom is 0.408 e. The summed E-state index contributed by atoms with van der Waals surface area (Å²) < 4.78 is 10.2. The number of ketones is 1. The summed E-state index contributed by atoms with van der Waals surface area (Å²) in [5, 5.41) is 2.67. The highest BCUT2D eigenvalue weighted by atomic mass is 16.6. The maximum atomic E-state index is 11.6. The molecule has 112 valence electrons. The maximum absolute atomic E-state index is 11.6. The highest BCUT2D eigenvalue weighted by Gasteiger charge is 2.25. The van der Waals surface area contributed by atoms with Gasteiger partial charge in [0.15, 0.2) is 0 Å². The van der Waals surface area contributed by atoms with Crippen LogP contribution in [-0.4, -0.2) is 35.6 Å². The lowest BCUT2D eigenvalue weighted by molar-refractivity contribution is -0.148. The fourth-order valence-corrected chi connectivity index (χ4v) is 1.73. The van der Waals surface area contributed by atoms with E-state index in [2.05, 4.69) is 5.32 Å². The van der Waals surface area contributed by atoms with E-state index in [0.717, 1.165) is 0 Å². The van der Waals surface area contributed by atoms with Crippen molar-refractivity contribution in [3.63, 3.8) is 0 Å². The van der Waals surface area contributed by atoms with E-state index < -0.39 is 23.8 Å². The number of Topliss-reactive ketones (excluding diaryl/α,β-unsaturated/α-hetero) is 1. The van der Waals surface area contributed by atoms with Crippen LogP contribution >= 0.6 is 0 Å². The van der Waals surface area contributed by atoms with E-state index in [-0.39, 0.29) is 18.2 Å². The van der Waals surface area contributed by atoms with Crippen molar-refractivity contribution in [3.05, 3.63) is 12.2 Å². The van der Waals surface area contributed by atoms with Gasteiger partial charge in [0.1, 0.15) is 23.9 Å². The first kappa shape index (κ1) is 16.2. The van der Waals surface area contributed by atoms with Crippen LogP contribution in [0.2, 0.25) is 0 Å². The number of hydrogen-bond acceptors (Lipinski definition) is 5. The van der Waals surface area contributed by atoms with Gasteiger partial charge in [0, 0.05) is 6.42 Å². The second kappa shape index (κ2) is 6.54. The molecule has 0 fully saturated rings. The molecule has 1 aliphatic rings. The molecule has 0 unspecified atom stereocenters. The third-order valence-corrected chi connectivity index (χ3v) is 2.42. The monoisotopic (exact) mass is 283 g/mol. The summed E-state index contributed by atoms with van der Waals surface area (Å²) in [4.78, 5) is 33.7. The van der Waals surface area contributed by atoms with Gasteiger partial charge in [0.05, 0.1) is 6.04 Å². The molecule has 1 rings (SSSR count). The fraction of sp³-hybridized carbons (Fsp3) is 0.643. The zero-order valence-corrected chi connectivity index (χ0v) is 12.3. The van der Waals surface area contributed by atoms with Crippen LogP contribution in [0.5, 0.6) is 0 Å². The molecule has 0 saturated heterocycles. The van der Waals surface area contributed by atoms with Crippen LogP contribution in [-0.2, 0) is 19.1 Å². The molecule has 0 saturated carbocycles. The first-order valence-corrected chi connectivity index (χ1v) is 6.52. The molecule has 0 aromatic rings. The van der Waals surface area contributed by atoms with Crippen molar-refractivity contribution in [3.8, 4) is 0 Å². The largest absolute Gasteiger partial charge is 0.458 e. The van der Waals surface area contributed by atoms with Crippen molar-refractivity contribution in [1.82, 2.24) is 5.32 Å². The third kappa shape index (κ3) is 6.36. The summed E-state index contributed by atoms with van der Waals surface area (Å²) in [7, 11) is 0. The Morgan fingerprint density at radius 3 is 2.45 bits per heavy atom. The Labute approximate surface area is 118 Å². The number of carbonyl (C=O) groups excluding carboxylic acids is 3. The molecule has 1 aliphatic carbocycles. The van der Waals surface area contributed by atoms with Gasteiger partial charge in [-0.3, -0.25) is 9.59 Å². The average molecular weight is 283 g/mol. The standard InChI is InChI=1S/C14H21NO5/c1-9(16)7-12(17)19-11-6-5-10(8-11)15-13(18)20-14(2,3)4/h5-6,10-11H,7-8H2,1-4H3,(H,15,18)/t10-,11+/m0/s1. The Balaban J connectivity index is 2.34. The van der Waals surface area contributed by atoms with Gasteiger partial charge < -0.3 is 14.8 Å². The zero-order valence-electron chi connectivity index (χ0n) is 12.3. The Hall–Kier alpha value is -1.85. The first-order valence-electron chi connectivity index (χ1n) is 6.52. The molecule has 0 aliphatic heterocycles. The van der Waals surface area contributed by atoms with Crippen molar-refractivity contribution < 1.29 is 23.9 Å². The van der Waals surface area contributed by atoms with E-state index >= 15 is 0 Å². The molecule has 0 aromatic heterocycles. The number of ether oxygens (including phenoxy) is 2. The Bertz CT molecular complexity index is 422. The quantitative estimate of drug-likeness (QED) is 0.483. The predicted octanol–water partition coefficient (Wildman–Crippen LogP) is 1.73. The van der Waals surface area contributed by atoms with Gasteiger partial charge in [-0.15, -0.1) is 0 Å². The molecule has 1 N–H and O–H groups in total. The van der Waals surface area contributed by atoms with Crippen LogP contribution in [0.15, 0.2) is 12.2 Å². The number of esters is 1. The molecule has 6 heteroatoms. The smallest absolute Gasteiger partial charge is 0.408 e. The molecule has 0 spiro atoms. The van der Waals surface area contributed by atoms with Crippen LogP contribution < -0.4 is 5.32 Å². The number of rotatable bonds is 4. The van der Waals surface area contributed by atoms with Crippen LogP contribution in [0.1, 0.15) is 40.5 Å². The fourth-order valence-electron chi connectivity index (χ4n) is 1.73. The van der Waals surface area contributed by atoms with Crippen molar-refractivity contribution in [1.29, 1.82) is 0 Å². The van der Waals surface area contributed by atoms with Crippen molar-refractivity contribution >= 4 is 17.8 Å². The Morgan fingerprint density at radius 1 is 1.25 bits per heavy atom. The third-order valence-electron chi connectivity index (χ3n) is 2.42. The van der Waals surface area contributed by atoms with Gasteiger partial charge in [-0.05, 0) is 33.8 Å². The summed E-state index contributed by atoms with van der Waals surface area (Å²) in [6, 6.07) is -0.236. The van der Waals surface area contributed by atoms with Crippen LogP contribution in [0.3, 0.4) is 0 Å². The van der Waals surface area contributed by atoms with Crippen molar-refractivity contribution in [2.24, 2.45) is 0 Å². The normalized spacial score (nSPS) is 21.4. The molecule has 1 amide bonds. The Kier molecular flexibility index (Phi) is 5.30. The number of hydrogen-bond donors (Lipinski definition) is 1. The van der Waals surface area contributed by atoms with E-state index in [9.17, 15) is 14.4 Å². The molecular weight excluding hydrogens is 262 g/mol. The molecule has 0 radical (unpaired) electrons. The number of carbonyl (C=O) groups is 3. The average Bonchev–Trinajstić information content (AvgIpc) is 2.60. The molecule has 2 atom stereocenters. The van der Waals surface area contributed by atoms with Gasteiger partial charge in [0.2, 0.25) is 0 Å². The summed E-state index contributed by atoms with van der Waals surface area (Å²) in [5.74, 6) is -0.787. The molecule has 0 bridgehead atoms. The predicted molar refractivity (Wildman–Crippen MR) is 72.1 cm³/mol. The van der Waals surface area contributed by atoms with E-state index in [1.807, 2.05) is 0 Å². The minimum atomic E-state index is -0.556. The molecule has 6 nitrogen and oxygen atoms in total. The van der Waals surface area contributed by atoms with E-state index in [1.165, 1.54) is 6.92 Å². The summed E-state index contributed by atoms with van der Waals surface area (Å²) in [5.41, 5.74) is -0.556. The second-order valence-electron chi connectivity index (χ2n) is 5.78. The SMILES string of the molecule is CC(=O)CC(=O)O[C@@H]1C=C[C@H](NC(=O)OC(C)(C)C)C1. The van der Waals surface area contributed by atoms with Gasteiger partial charge in [-0.1, -0.05) is 6.08 Å². The summed E-state index contributed by atoms with van der Waals surface area (Å²) in [6.07, 6.45) is 2.73. The highest BCUT2D eigenvalue weighted by molar-refractivity contribution is 5.94. The van der Waals surface area contributed by atoms with Gasteiger partial charge >= 0.3 is 12.1 Å². The lowest BCUT2D eigenvalue weighted by Gasteiger charge is -2.21. The number of alkyl carbamates (subject to hydrolysis) is 1. The summed E-state index contributed by atoms with van der Waals surface area (Å²) >= 11 is 0. The highest BCUT2D eigenvalue weighted by Crippen LogP contribution is 2.16. The molecular formula is C14H21NO5. The van der Waals surface area contributed by atoms with Gasteiger partial charge in [-0.2, -0.15) is 0 Å². The first-order chi connectivity index (χ1) is 9.15. The van der Waals surface area contributed by atoms with Gasteiger partial charge in [-0.25, -0.2) is 4.79 Å². The van der Waals surface area contributed by atoms with Crippen molar-refractivity contribution in [2.75, 3.05) is 0 Å². The van der Waals surface area contributed by atoms with E-state index in [0.29, 0.717) is 6.42 Å². The molecule has 20 heavy (non-hydrogen) atoms. The summed E-state index contributed by atoms with van der Waals surface area (Å²) in [6.45, 7) is 6.68. The van der Waals surface area contributed by atoms with Crippen molar-refractivity contribution in [2.45, 2.75) is 58.3 Å². The molecule has 0 aromatic carbocycles. The van der Waals surface area contributed by atoms with Crippen LogP contribution in [0, 0.1) is 0 Å². The Morgan fingerprint density at radius 2 is 1.90 bits per heavy atom. The van der Waals surface area contributed by atoms with E-state index in [1.54, 1.807) is 32.9 Å². The second-order valence-corrected chi connectivity index (χ2v) is 5.78. The minimum absolute atomic E-state index is 0.228. The van der Waals surface area contributed by atoms with Gasteiger partial charge in [0.25, 0.3) is 0 Å². The zero-order chi connectivity index (χ0) is 15.3.